The van der Waals surface area contributed by atoms with Gasteiger partial charge in [-0.05, 0) is 59.0 Å². The molecule has 0 atom stereocenters. The van der Waals surface area contributed by atoms with E-state index in [0.29, 0.717) is 38.2 Å². The zero-order chi connectivity index (χ0) is 37.8. The number of aromatic nitrogens is 1. The van der Waals surface area contributed by atoms with Crippen LogP contribution in [0.3, 0.4) is 0 Å². The number of ketones is 1. The minimum absolute atomic E-state index is 0. The largest absolute Gasteiger partial charge is 0.512 e. The molecule has 6 rings (SSSR count). The van der Waals surface area contributed by atoms with Gasteiger partial charge in [-0.2, -0.15) is 13.2 Å². The van der Waals surface area contributed by atoms with E-state index in [1.165, 1.54) is 18.3 Å². The third kappa shape index (κ3) is 8.40. The number of pyridine rings is 1. The Balaban J connectivity index is 0.000000299. The molecule has 8 heteroatoms. The van der Waals surface area contributed by atoms with Gasteiger partial charge >= 0.3 is 6.18 Å². The van der Waals surface area contributed by atoms with Crippen LogP contribution in [-0.4, -0.2) is 15.9 Å². The fourth-order valence-electron chi connectivity index (χ4n) is 6.37. The number of hydrogen-bond donors (Lipinski definition) is 1. The second-order valence-electron chi connectivity index (χ2n) is 13.8. The van der Waals surface area contributed by atoms with Crippen LogP contribution in [0, 0.1) is 22.7 Å². The van der Waals surface area contributed by atoms with Gasteiger partial charge in [0.2, 0.25) is 0 Å². The molecule has 0 fully saturated rings. The Labute approximate surface area is 322 Å². The van der Waals surface area contributed by atoms with Crippen LogP contribution in [-0.2, 0) is 31.1 Å². The van der Waals surface area contributed by atoms with Crippen LogP contribution in [0.25, 0.3) is 54.7 Å². The molecule has 0 aliphatic rings. The quantitative estimate of drug-likeness (QED) is 0.0517. The van der Waals surface area contributed by atoms with Crippen molar-refractivity contribution in [3.8, 4) is 22.4 Å². The first-order valence-corrected chi connectivity index (χ1v) is 17.7. The molecular weight excluding hydrogens is 855 g/mol. The Morgan fingerprint density at radius 3 is 1.92 bits per heavy atom. The molecule has 0 amide bonds. The first-order valence-electron chi connectivity index (χ1n) is 17.7. The smallest absolute Gasteiger partial charge is 0.403 e. The molecular formula is C45H44F4IrNO2-. The first kappa shape index (κ1) is 41.4. The van der Waals surface area contributed by atoms with Gasteiger partial charge in [-0.15, -0.1) is 23.6 Å². The van der Waals surface area contributed by atoms with E-state index in [1.54, 1.807) is 42.5 Å². The Bertz CT molecular complexity index is 2260. The van der Waals surface area contributed by atoms with Gasteiger partial charge in [-0.1, -0.05) is 125 Å². The molecule has 3 nitrogen and oxygen atoms in total. The molecule has 5 aromatic carbocycles. The molecule has 0 spiro atoms. The van der Waals surface area contributed by atoms with Crippen LogP contribution >= 0.6 is 0 Å². The van der Waals surface area contributed by atoms with Crippen molar-refractivity contribution in [2.24, 2.45) is 10.8 Å². The second-order valence-corrected chi connectivity index (χ2v) is 13.8. The van der Waals surface area contributed by atoms with Crippen LogP contribution in [0.2, 0.25) is 0 Å². The monoisotopic (exact) mass is 899 g/mol. The minimum Gasteiger partial charge on any atom is -0.512 e. The molecule has 1 aromatic heterocycles. The Morgan fingerprint density at radius 1 is 0.736 bits per heavy atom. The number of rotatable bonds is 9. The fourth-order valence-corrected chi connectivity index (χ4v) is 6.37. The van der Waals surface area contributed by atoms with Gasteiger partial charge in [-0.25, -0.2) is 4.39 Å². The van der Waals surface area contributed by atoms with Gasteiger partial charge in [0, 0.05) is 59.9 Å². The molecule has 0 aliphatic heterocycles. The van der Waals surface area contributed by atoms with Crippen LogP contribution in [0.15, 0.2) is 109 Å². The number of aliphatic hydroxyl groups excluding tert-OH is 1. The number of nitrogens with zero attached hydrogens (tertiary/aromatic N) is 1. The first-order chi connectivity index (χ1) is 24.7. The molecule has 279 valence electrons. The summed E-state index contributed by atoms with van der Waals surface area (Å²) in [4.78, 5) is 16.6. The van der Waals surface area contributed by atoms with E-state index >= 15 is 4.39 Å². The summed E-state index contributed by atoms with van der Waals surface area (Å²) in [6.45, 7) is 12.1. The van der Waals surface area contributed by atoms with Crippen molar-refractivity contribution in [3.05, 3.63) is 126 Å². The zero-order valence-electron chi connectivity index (χ0n) is 30.8. The predicted molar refractivity (Wildman–Crippen MR) is 205 cm³/mol. The molecule has 0 aliphatic carbocycles. The molecule has 1 heterocycles. The van der Waals surface area contributed by atoms with Gasteiger partial charge in [0.25, 0.3) is 0 Å². The zero-order valence-corrected chi connectivity index (χ0v) is 33.2. The second kappa shape index (κ2) is 16.7. The van der Waals surface area contributed by atoms with Crippen molar-refractivity contribution >= 4 is 38.1 Å². The number of carbonyl (C=O) groups is 1. The van der Waals surface area contributed by atoms with Crippen LogP contribution in [0.1, 0.15) is 72.8 Å². The van der Waals surface area contributed by atoms with Gasteiger partial charge in [0.15, 0.2) is 5.78 Å². The van der Waals surface area contributed by atoms with E-state index in [-0.39, 0.29) is 59.2 Å². The van der Waals surface area contributed by atoms with Gasteiger partial charge in [0.1, 0.15) is 11.6 Å². The van der Waals surface area contributed by atoms with Crippen molar-refractivity contribution < 1.29 is 47.6 Å². The summed E-state index contributed by atoms with van der Waals surface area (Å²) in [5.74, 6) is -0.0562. The summed E-state index contributed by atoms with van der Waals surface area (Å²) in [5, 5.41) is 13.0. The summed E-state index contributed by atoms with van der Waals surface area (Å²) in [6.07, 6.45) is 1.76. The van der Waals surface area contributed by atoms with E-state index in [2.05, 4.69) is 11.1 Å². The van der Waals surface area contributed by atoms with Crippen LogP contribution in [0.5, 0.6) is 0 Å². The third-order valence-corrected chi connectivity index (χ3v) is 10.9. The van der Waals surface area contributed by atoms with Crippen LogP contribution < -0.4 is 0 Å². The Morgan fingerprint density at radius 2 is 1.30 bits per heavy atom. The number of halogens is 4. The van der Waals surface area contributed by atoms with E-state index in [9.17, 15) is 23.1 Å². The summed E-state index contributed by atoms with van der Waals surface area (Å²) in [7, 11) is 0. The fraction of sp³-hybridized carbons (Fsp3) is 0.289. The van der Waals surface area contributed by atoms with Gasteiger partial charge in [0.05, 0.1) is 0 Å². The molecule has 1 radical (unpaired) electrons. The third-order valence-electron chi connectivity index (χ3n) is 10.9. The maximum Gasteiger partial charge on any atom is 0.403 e. The molecule has 0 saturated heterocycles. The Hall–Kier alpha value is -4.39. The number of hydrogen-bond acceptors (Lipinski definition) is 3. The number of alkyl halides is 3. The molecule has 1 N–H and O–H groups in total. The standard InChI is InChI=1S/C30H16F4N.C15H28O2.Ir/c31-28-22(18-6-2-1-3-7-18)10-11-23-24-14-15-35-29(26(24)13-12-25(23)28)20-16-19-8-4-5-9-21(19)27(17-20)30(32,33)34;1-7-14(5,8-2)12(16)11-13(17)15(6,9-3)10-4;/h1-15,17H;11,16H,7-10H2,1-6H3;/q-1;;/b;12-11-;. The van der Waals surface area contributed by atoms with Crippen molar-refractivity contribution in [1.82, 2.24) is 4.98 Å². The number of allylic oxidation sites excluding steroid dienone is 2. The van der Waals surface area contributed by atoms with E-state index in [1.807, 2.05) is 77.9 Å². The van der Waals surface area contributed by atoms with E-state index < -0.39 is 11.7 Å². The van der Waals surface area contributed by atoms with Gasteiger partial charge < -0.3 is 5.11 Å². The molecule has 0 bridgehead atoms. The maximum absolute atomic E-state index is 15.5. The summed E-state index contributed by atoms with van der Waals surface area (Å²) >= 11 is 0. The number of benzene rings is 5. The molecule has 6 aromatic rings. The SMILES string of the molecule is CCC(C)(CC)C(=O)/C=C(\O)C(C)(CC)CC.Fc1c(-c2ccccc2)ccc2c1ccc1c(-c3[c-]c4ccccc4c(C(F)(F)F)c3)nccc12.[Ir]. The number of fused-ring (bicyclic) bond motifs is 4. The van der Waals surface area contributed by atoms with Crippen LogP contribution in [0.4, 0.5) is 17.6 Å². The average Bonchev–Trinajstić information content (AvgIpc) is 3.16. The van der Waals surface area contributed by atoms with Crippen molar-refractivity contribution in [1.29, 1.82) is 0 Å². The Kier molecular flexibility index (Phi) is 13.1. The maximum atomic E-state index is 15.5. The van der Waals surface area contributed by atoms with E-state index in [4.69, 9.17) is 0 Å². The summed E-state index contributed by atoms with van der Waals surface area (Å²) in [6, 6.07) is 28.5. The average molecular weight is 899 g/mol. The number of aliphatic hydroxyl groups is 1. The van der Waals surface area contributed by atoms with Gasteiger partial charge in [-0.3, -0.25) is 9.78 Å². The predicted octanol–water partition coefficient (Wildman–Crippen LogP) is 13.5. The van der Waals surface area contributed by atoms with Crippen molar-refractivity contribution in [2.45, 2.75) is 73.4 Å². The van der Waals surface area contributed by atoms with Crippen molar-refractivity contribution in [3.63, 3.8) is 0 Å². The number of carbonyl (C=O) groups excluding carboxylic acids is 1. The minimum atomic E-state index is -4.53. The summed E-state index contributed by atoms with van der Waals surface area (Å²) in [5.41, 5.74) is 0.529. The summed E-state index contributed by atoms with van der Waals surface area (Å²) < 4.78 is 57.2. The molecule has 0 unspecified atom stereocenters. The normalized spacial score (nSPS) is 12.4. The molecule has 0 saturated carbocycles. The van der Waals surface area contributed by atoms with Crippen molar-refractivity contribution in [2.75, 3.05) is 0 Å². The topological polar surface area (TPSA) is 50.2 Å². The van der Waals surface area contributed by atoms with E-state index in [0.717, 1.165) is 37.3 Å². The molecule has 53 heavy (non-hydrogen) atoms.